The number of ether oxygens (including phenoxy) is 3. The summed E-state index contributed by atoms with van der Waals surface area (Å²) in [6.45, 7) is 1.72. The zero-order valence-electron chi connectivity index (χ0n) is 25.0. The van der Waals surface area contributed by atoms with Gasteiger partial charge in [-0.3, -0.25) is 9.59 Å². The van der Waals surface area contributed by atoms with Crippen LogP contribution in [0.5, 0.6) is 11.5 Å². The third-order valence-electron chi connectivity index (χ3n) is 8.81. The molecule has 0 heterocycles. The van der Waals surface area contributed by atoms with Crippen molar-refractivity contribution in [1.29, 1.82) is 5.26 Å². The van der Waals surface area contributed by atoms with E-state index in [1.165, 1.54) is 0 Å². The Bertz CT molecular complexity index is 1630. The quantitative estimate of drug-likeness (QED) is 0.177. The van der Waals surface area contributed by atoms with Gasteiger partial charge in [0.2, 0.25) is 0 Å². The van der Waals surface area contributed by atoms with E-state index in [-0.39, 0.29) is 18.8 Å². The van der Waals surface area contributed by atoms with Gasteiger partial charge in [-0.1, -0.05) is 84.9 Å². The van der Waals surface area contributed by atoms with Crippen molar-refractivity contribution >= 4 is 11.8 Å². The van der Waals surface area contributed by atoms with Crippen molar-refractivity contribution in [2.75, 3.05) is 20.8 Å². The fraction of sp³-hybridized carbons (Fsp3) is 0.270. The molecule has 0 bridgehead atoms. The summed E-state index contributed by atoms with van der Waals surface area (Å²) in [6.07, 6.45) is -0.0917. The molecule has 1 aliphatic rings. The maximum atomic E-state index is 14.7. The highest BCUT2D eigenvalue weighted by Gasteiger charge is 2.67. The molecule has 5 rings (SSSR count). The number of methoxy groups -OCH3 is 2. The molecular weight excluding hydrogens is 554 g/mol. The molecule has 0 unspecified atom stereocenters. The van der Waals surface area contributed by atoms with Crippen LogP contribution in [0.3, 0.4) is 0 Å². The highest BCUT2D eigenvalue weighted by molar-refractivity contribution is 6.00. The molecule has 7 heteroatoms. The summed E-state index contributed by atoms with van der Waals surface area (Å²) in [4.78, 5) is 29.1. The number of nitriles is 1. The van der Waals surface area contributed by atoms with Gasteiger partial charge in [-0.05, 0) is 54.3 Å². The fourth-order valence-electron chi connectivity index (χ4n) is 6.73. The number of benzene rings is 4. The Morgan fingerprint density at radius 2 is 1.34 bits per heavy atom. The minimum atomic E-state index is -1.89. The Labute approximate surface area is 257 Å². The van der Waals surface area contributed by atoms with Crippen LogP contribution < -0.4 is 9.47 Å². The van der Waals surface area contributed by atoms with E-state index in [0.29, 0.717) is 33.8 Å². The first-order valence-corrected chi connectivity index (χ1v) is 14.6. The summed E-state index contributed by atoms with van der Waals surface area (Å²) in [5.41, 5.74) is -1.63. The number of carbonyl (C=O) groups is 2. The molecule has 1 fully saturated rings. The number of aliphatic hydroxyl groups is 1. The minimum Gasteiger partial charge on any atom is -0.497 e. The molecule has 224 valence electrons. The molecule has 0 aromatic heterocycles. The standard InChI is InChI=1S/C37H35NO6/c1-4-44-35(40)36(24-38)31(25-15-19-29(42-2)20-16-25)23-37(41,28-13-9-6-10-14-28)33(34(39)27-11-7-5-8-12-27)32(36)26-17-21-30(43-3)22-18-26/h5-22,31-33,41H,4,23H2,1-3H3/t31-,32+,33+,36-,37+/m1/s1. The number of ketones is 1. The monoisotopic (exact) mass is 589 g/mol. The van der Waals surface area contributed by atoms with Crippen molar-refractivity contribution in [2.45, 2.75) is 30.8 Å². The third kappa shape index (κ3) is 5.23. The van der Waals surface area contributed by atoms with Crippen LogP contribution in [0.1, 0.15) is 52.2 Å². The molecule has 0 radical (unpaired) electrons. The van der Waals surface area contributed by atoms with E-state index in [9.17, 15) is 20.0 Å². The number of rotatable bonds is 9. The second-order valence-electron chi connectivity index (χ2n) is 11.0. The van der Waals surface area contributed by atoms with Crippen LogP contribution in [0.25, 0.3) is 0 Å². The summed E-state index contributed by atoms with van der Waals surface area (Å²) in [7, 11) is 3.10. The van der Waals surface area contributed by atoms with Gasteiger partial charge >= 0.3 is 5.97 Å². The molecule has 1 N–H and O–H groups in total. The van der Waals surface area contributed by atoms with Crippen LogP contribution in [0, 0.1) is 22.7 Å². The highest BCUT2D eigenvalue weighted by atomic mass is 16.5. The molecule has 0 spiro atoms. The Hall–Kier alpha value is -4.93. The Kier molecular flexibility index (Phi) is 8.84. The Balaban J connectivity index is 1.88. The minimum absolute atomic E-state index is 0.0349. The molecule has 5 atom stereocenters. The van der Waals surface area contributed by atoms with Crippen LogP contribution in [0.2, 0.25) is 0 Å². The number of Topliss-reactive ketones (excluding diaryl/α,β-unsaturated/α-hetero) is 1. The Morgan fingerprint density at radius 3 is 1.84 bits per heavy atom. The van der Waals surface area contributed by atoms with Crippen LogP contribution in [0.15, 0.2) is 109 Å². The van der Waals surface area contributed by atoms with E-state index in [0.717, 1.165) is 0 Å². The lowest BCUT2D eigenvalue weighted by Gasteiger charge is -2.54. The largest absolute Gasteiger partial charge is 0.497 e. The van der Waals surface area contributed by atoms with Gasteiger partial charge in [-0.25, -0.2) is 0 Å². The molecule has 1 aliphatic carbocycles. The summed E-state index contributed by atoms with van der Waals surface area (Å²) in [5, 5.41) is 24.2. The number of esters is 1. The highest BCUT2D eigenvalue weighted by Crippen LogP contribution is 2.64. The first-order valence-electron chi connectivity index (χ1n) is 14.6. The summed E-state index contributed by atoms with van der Waals surface area (Å²) >= 11 is 0. The topological polar surface area (TPSA) is 106 Å². The maximum Gasteiger partial charge on any atom is 0.327 e. The number of nitrogens with zero attached hydrogens (tertiary/aromatic N) is 1. The van der Waals surface area contributed by atoms with Gasteiger partial charge in [-0.2, -0.15) is 5.26 Å². The van der Waals surface area contributed by atoms with Crippen molar-refractivity contribution in [2.24, 2.45) is 11.3 Å². The van der Waals surface area contributed by atoms with Gasteiger partial charge < -0.3 is 19.3 Å². The molecule has 7 nitrogen and oxygen atoms in total. The second kappa shape index (κ2) is 12.7. The maximum absolute atomic E-state index is 14.7. The average molecular weight is 590 g/mol. The lowest BCUT2D eigenvalue weighted by atomic mass is 9.47. The Morgan fingerprint density at radius 1 is 0.818 bits per heavy atom. The predicted molar refractivity (Wildman–Crippen MR) is 165 cm³/mol. The SMILES string of the molecule is CCOC(=O)[C@]1(C#N)[C@@H](c2ccc(OC)cc2)C[C@](O)(c2ccccc2)[C@H](C(=O)c2ccccc2)[C@@H]1c1ccc(OC)cc1. The number of carbonyl (C=O) groups excluding carboxylic acids is 2. The van der Waals surface area contributed by atoms with Crippen LogP contribution in [-0.4, -0.2) is 37.7 Å². The van der Waals surface area contributed by atoms with Crippen LogP contribution >= 0.6 is 0 Å². The zero-order chi connectivity index (χ0) is 31.3. The molecule has 0 saturated heterocycles. The van der Waals surface area contributed by atoms with E-state index in [1.807, 2.05) is 6.07 Å². The normalized spacial score (nSPS) is 24.5. The van der Waals surface area contributed by atoms with E-state index < -0.39 is 34.7 Å². The van der Waals surface area contributed by atoms with Crippen molar-refractivity contribution in [1.82, 2.24) is 0 Å². The van der Waals surface area contributed by atoms with E-state index in [1.54, 1.807) is 124 Å². The second-order valence-corrected chi connectivity index (χ2v) is 11.0. The van der Waals surface area contributed by atoms with E-state index in [4.69, 9.17) is 14.2 Å². The first kappa shape index (κ1) is 30.5. The van der Waals surface area contributed by atoms with Crippen LogP contribution in [-0.2, 0) is 15.1 Å². The van der Waals surface area contributed by atoms with Gasteiger partial charge in [-0.15, -0.1) is 0 Å². The van der Waals surface area contributed by atoms with Gasteiger partial charge in [0.05, 0.1) is 32.8 Å². The van der Waals surface area contributed by atoms with E-state index in [2.05, 4.69) is 6.07 Å². The van der Waals surface area contributed by atoms with Crippen molar-refractivity contribution < 1.29 is 28.9 Å². The molecule has 0 aliphatic heterocycles. The lowest BCUT2D eigenvalue weighted by molar-refractivity contribution is -0.164. The zero-order valence-corrected chi connectivity index (χ0v) is 25.0. The third-order valence-corrected chi connectivity index (χ3v) is 8.81. The van der Waals surface area contributed by atoms with Gasteiger partial charge in [0.25, 0.3) is 0 Å². The molecular formula is C37H35NO6. The predicted octanol–water partition coefficient (Wildman–Crippen LogP) is 6.43. The van der Waals surface area contributed by atoms with Gasteiger partial charge in [0.1, 0.15) is 17.1 Å². The summed E-state index contributed by atoms with van der Waals surface area (Å²) < 4.78 is 16.5. The van der Waals surface area contributed by atoms with Gasteiger partial charge in [0, 0.05) is 17.4 Å². The van der Waals surface area contributed by atoms with Crippen molar-refractivity contribution in [3.05, 3.63) is 131 Å². The smallest absolute Gasteiger partial charge is 0.327 e. The van der Waals surface area contributed by atoms with Crippen molar-refractivity contribution in [3.63, 3.8) is 0 Å². The number of hydrogen-bond donors (Lipinski definition) is 1. The molecule has 4 aromatic rings. The number of hydrogen-bond acceptors (Lipinski definition) is 7. The first-order chi connectivity index (χ1) is 21.3. The summed E-state index contributed by atoms with van der Waals surface area (Å²) in [6, 6.07) is 34.1. The molecule has 1 saturated carbocycles. The molecule has 44 heavy (non-hydrogen) atoms. The molecule has 0 amide bonds. The fourth-order valence-corrected chi connectivity index (χ4v) is 6.73. The van der Waals surface area contributed by atoms with Gasteiger partial charge in [0.15, 0.2) is 11.2 Å². The molecule has 4 aromatic carbocycles. The van der Waals surface area contributed by atoms with Crippen LogP contribution in [0.4, 0.5) is 0 Å². The average Bonchev–Trinajstić information content (AvgIpc) is 3.08. The summed E-state index contributed by atoms with van der Waals surface area (Å²) in [5.74, 6) is -3.17. The lowest BCUT2D eigenvalue weighted by Crippen LogP contribution is -2.59. The van der Waals surface area contributed by atoms with Crippen molar-refractivity contribution in [3.8, 4) is 17.6 Å². The van der Waals surface area contributed by atoms with E-state index >= 15 is 0 Å².